The SMILES string of the molecule is CN1CC=C(c2ccccc2OC(F)(F)F)CC1. The normalized spacial score (nSPS) is 17.4. The lowest BCUT2D eigenvalue weighted by Crippen LogP contribution is -2.24. The van der Waals surface area contributed by atoms with Crippen molar-refractivity contribution >= 4 is 5.57 Å². The van der Waals surface area contributed by atoms with Crippen molar-refractivity contribution in [2.45, 2.75) is 12.8 Å². The van der Waals surface area contributed by atoms with Crippen LogP contribution in [0.1, 0.15) is 12.0 Å². The molecule has 0 radical (unpaired) electrons. The maximum absolute atomic E-state index is 12.3. The number of para-hydroxylation sites is 1. The second kappa shape index (κ2) is 5.02. The predicted molar refractivity (Wildman–Crippen MR) is 63.2 cm³/mol. The molecule has 2 rings (SSSR count). The molecule has 18 heavy (non-hydrogen) atoms. The molecule has 0 aliphatic carbocycles. The Bertz CT molecular complexity index is 454. The fourth-order valence-corrected chi connectivity index (χ4v) is 1.96. The van der Waals surface area contributed by atoms with Crippen LogP contribution in [-0.4, -0.2) is 31.4 Å². The number of hydrogen-bond donors (Lipinski definition) is 0. The molecule has 98 valence electrons. The molecule has 2 nitrogen and oxygen atoms in total. The monoisotopic (exact) mass is 257 g/mol. The third-order valence-corrected chi connectivity index (χ3v) is 2.87. The smallest absolute Gasteiger partial charge is 0.405 e. The number of halogens is 3. The molecule has 0 amide bonds. The van der Waals surface area contributed by atoms with Gasteiger partial charge in [0.25, 0.3) is 0 Å². The van der Waals surface area contributed by atoms with Gasteiger partial charge in [-0.25, -0.2) is 0 Å². The van der Waals surface area contributed by atoms with E-state index in [1.165, 1.54) is 6.07 Å². The first-order chi connectivity index (χ1) is 8.46. The highest BCUT2D eigenvalue weighted by atomic mass is 19.4. The highest BCUT2D eigenvalue weighted by molar-refractivity contribution is 5.71. The van der Waals surface area contributed by atoms with Crippen LogP contribution < -0.4 is 4.74 Å². The lowest BCUT2D eigenvalue weighted by atomic mass is 9.99. The van der Waals surface area contributed by atoms with Gasteiger partial charge in [-0.05, 0) is 25.1 Å². The van der Waals surface area contributed by atoms with E-state index < -0.39 is 6.36 Å². The van der Waals surface area contributed by atoms with Crippen molar-refractivity contribution in [1.82, 2.24) is 4.90 Å². The Morgan fingerprint density at radius 1 is 1.22 bits per heavy atom. The molecular formula is C13H14F3NO. The standard InChI is InChI=1S/C13H14F3NO/c1-17-8-6-10(7-9-17)11-4-2-3-5-12(11)18-13(14,15)16/h2-6H,7-9H2,1H3. The molecule has 0 atom stereocenters. The molecular weight excluding hydrogens is 243 g/mol. The van der Waals surface area contributed by atoms with Gasteiger partial charge in [-0.1, -0.05) is 24.3 Å². The number of benzene rings is 1. The summed E-state index contributed by atoms with van der Waals surface area (Å²) in [5, 5.41) is 0. The minimum atomic E-state index is -4.65. The molecule has 0 saturated heterocycles. The van der Waals surface area contributed by atoms with E-state index in [0.29, 0.717) is 5.56 Å². The van der Waals surface area contributed by atoms with E-state index in [2.05, 4.69) is 9.64 Å². The van der Waals surface area contributed by atoms with Crippen LogP contribution in [0.2, 0.25) is 0 Å². The van der Waals surface area contributed by atoms with Crippen LogP contribution in [-0.2, 0) is 0 Å². The molecule has 0 saturated carbocycles. The minimum absolute atomic E-state index is 0.124. The maximum Gasteiger partial charge on any atom is 0.573 e. The number of rotatable bonds is 2. The van der Waals surface area contributed by atoms with Crippen LogP contribution in [0.3, 0.4) is 0 Å². The Morgan fingerprint density at radius 2 is 1.94 bits per heavy atom. The third kappa shape index (κ3) is 3.26. The number of likely N-dealkylation sites (N-methyl/N-ethyl adjacent to an activating group) is 1. The van der Waals surface area contributed by atoms with E-state index in [0.717, 1.165) is 25.1 Å². The average Bonchev–Trinajstić information content (AvgIpc) is 2.29. The zero-order chi connectivity index (χ0) is 13.2. The summed E-state index contributed by atoms with van der Waals surface area (Å²) in [7, 11) is 1.98. The van der Waals surface area contributed by atoms with Crippen LogP contribution in [0.4, 0.5) is 13.2 Å². The molecule has 0 fully saturated rings. The molecule has 0 bridgehead atoms. The van der Waals surface area contributed by atoms with E-state index >= 15 is 0 Å². The van der Waals surface area contributed by atoms with Crippen molar-refractivity contribution in [3.8, 4) is 5.75 Å². The Kier molecular flexibility index (Phi) is 3.61. The fourth-order valence-electron chi connectivity index (χ4n) is 1.96. The quantitative estimate of drug-likeness (QED) is 0.806. The zero-order valence-corrected chi connectivity index (χ0v) is 10.00. The van der Waals surface area contributed by atoms with Gasteiger partial charge in [0, 0.05) is 18.7 Å². The van der Waals surface area contributed by atoms with E-state index in [1.54, 1.807) is 18.2 Å². The first-order valence-electron chi connectivity index (χ1n) is 5.68. The highest BCUT2D eigenvalue weighted by Crippen LogP contribution is 2.33. The van der Waals surface area contributed by atoms with Crippen molar-refractivity contribution in [1.29, 1.82) is 0 Å². The molecule has 1 aromatic carbocycles. The Labute approximate surface area is 104 Å². The molecule has 1 aliphatic heterocycles. The summed E-state index contributed by atoms with van der Waals surface area (Å²) in [6.45, 7) is 1.59. The topological polar surface area (TPSA) is 12.5 Å². The lowest BCUT2D eigenvalue weighted by Gasteiger charge is -2.23. The van der Waals surface area contributed by atoms with Crippen molar-refractivity contribution in [3.05, 3.63) is 35.9 Å². The van der Waals surface area contributed by atoms with Crippen molar-refractivity contribution < 1.29 is 17.9 Å². The molecule has 0 aromatic heterocycles. The molecule has 1 aliphatic rings. The second-order valence-corrected chi connectivity index (χ2v) is 4.29. The van der Waals surface area contributed by atoms with E-state index in [9.17, 15) is 13.2 Å². The van der Waals surface area contributed by atoms with E-state index in [1.807, 2.05) is 13.1 Å². The summed E-state index contributed by atoms with van der Waals surface area (Å²) in [6.07, 6.45) is -1.97. The summed E-state index contributed by atoms with van der Waals surface area (Å²) >= 11 is 0. The van der Waals surface area contributed by atoms with Gasteiger partial charge in [-0.3, -0.25) is 0 Å². The van der Waals surface area contributed by atoms with Crippen LogP contribution in [0.25, 0.3) is 5.57 Å². The van der Waals surface area contributed by atoms with Crippen molar-refractivity contribution in [2.24, 2.45) is 0 Å². The van der Waals surface area contributed by atoms with Gasteiger partial charge < -0.3 is 9.64 Å². The van der Waals surface area contributed by atoms with E-state index in [4.69, 9.17) is 0 Å². The molecule has 0 spiro atoms. The van der Waals surface area contributed by atoms with Gasteiger partial charge in [0.2, 0.25) is 0 Å². The van der Waals surface area contributed by atoms with Crippen molar-refractivity contribution in [2.75, 3.05) is 20.1 Å². The third-order valence-electron chi connectivity index (χ3n) is 2.87. The predicted octanol–water partition coefficient (Wildman–Crippen LogP) is 3.30. The highest BCUT2D eigenvalue weighted by Gasteiger charge is 2.32. The Morgan fingerprint density at radius 3 is 2.56 bits per heavy atom. The zero-order valence-electron chi connectivity index (χ0n) is 10.00. The van der Waals surface area contributed by atoms with Gasteiger partial charge in [-0.15, -0.1) is 13.2 Å². The first-order valence-corrected chi connectivity index (χ1v) is 5.68. The Balaban J connectivity index is 2.28. The summed E-state index contributed by atoms with van der Waals surface area (Å²) in [6, 6.07) is 6.28. The van der Waals surface area contributed by atoms with Crippen LogP contribution in [0.5, 0.6) is 5.75 Å². The number of ether oxygens (including phenoxy) is 1. The largest absolute Gasteiger partial charge is 0.573 e. The number of nitrogens with zero attached hydrogens (tertiary/aromatic N) is 1. The molecule has 5 heteroatoms. The molecule has 0 N–H and O–H groups in total. The summed E-state index contributed by atoms with van der Waals surface area (Å²) in [5.41, 5.74) is 1.44. The lowest BCUT2D eigenvalue weighted by molar-refractivity contribution is -0.274. The van der Waals surface area contributed by atoms with Crippen molar-refractivity contribution in [3.63, 3.8) is 0 Å². The molecule has 1 aromatic rings. The van der Waals surface area contributed by atoms with Crippen LogP contribution in [0.15, 0.2) is 30.3 Å². The van der Waals surface area contributed by atoms with Gasteiger partial charge in [0.15, 0.2) is 0 Å². The van der Waals surface area contributed by atoms with E-state index in [-0.39, 0.29) is 5.75 Å². The Hall–Kier alpha value is -1.49. The average molecular weight is 257 g/mol. The summed E-state index contributed by atoms with van der Waals surface area (Å²) in [5.74, 6) is -0.124. The van der Waals surface area contributed by atoms with Gasteiger partial charge in [-0.2, -0.15) is 0 Å². The van der Waals surface area contributed by atoms with Crippen LogP contribution >= 0.6 is 0 Å². The number of alkyl halides is 3. The minimum Gasteiger partial charge on any atom is -0.405 e. The van der Waals surface area contributed by atoms with Gasteiger partial charge in [0.05, 0.1) is 0 Å². The molecule has 0 unspecified atom stereocenters. The first kappa shape index (κ1) is 13.0. The molecule has 1 heterocycles. The summed E-state index contributed by atoms with van der Waals surface area (Å²) < 4.78 is 41.0. The van der Waals surface area contributed by atoms with Crippen LogP contribution in [0, 0.1) is 0 Å². The second-order valence-electron chi connectivity index (χ2n) is 4.29. The number of hydrogen-bond acceptors (Lipinski definition) is 2. The summed E-state index contributed by atoms with van der Waals surface area (Å²) in [4.78, 5) is 2.11. The maximum atomic E-state index is 12.3. The fraction of sp³-hybridized carbons (Fsp3) is 0.385. The van der Waals surface area contributed by atoms with Gasteiger partial charge in [0.1, 0.15) is 5.75 Å². The van der Waals surface area contributed by atoms with Gasteiger partial charge >= 0.3 is 6.36 Å².